The molecule has 6 nitrogen and oxygen atoms in total. The largest absolute Gasteiger partial charge is 0.493 e. The normalized spacial score (nSPS) is 10.6. The minimum Gasteiger partial charge on any atom is -0.493 e. The average molecular weight is 479 g/mol. The Morgan fingerprint density at radius 3 is 2.23 bits per heavy atom. The van der Waals surface area contributed by atoms with Crippen LogP contribution in [0.3, 0.4) is 0 Å². The topological polar surface area (TPSA) is 77.0 Å². The van der Waals surface area contributed by atoms with E-state index in [4.69, 9.17) is 9.72 Å². The molecular weight excluding hydrogens is 456 g/mol. The lowest BCUT2D eigenvalue weighted by Gasteiger charge is -2.07. The molecule has 2 aromatic heterocycles. The van der Waals surface area contributed by atoms with Gasteiger partial charge >= 0.3 is 0 Å². The number of nitrogens with zero attached hydrogens (tertiary/aromatic N) is 3. The van der Waals surface area contributed by atoms with Crippen LogP contribution in [0.15, 0.2) is 104 Å². The van der Waals surface area contributed by atoms with Crippen LogP contribution in [0.1, 0.15) is 6.42 Å². The summed E-state index contributed by atoms with van der Waals surface area (Å²) in [6.07, 6.45) is 4.80. The first-order chi connectivity index (χ1) is 17.3. The second kappa shape index (κ2) is 10.7. The number of anilines is 1. The van der Waals surface area contributed by atoms with Crippen LogP contribution < -0.4 is 10.1 Å². The highest BCUT2D eigenvalue weighted by Gasteiger charge is 2.16. The fourth-order valence-electron chi connectivity index (χ4n) is 3.54. The van der Waals surface area contributed by atoms with Gasteiger partial charge in [-0.15, -0.1) is 11.3 Å². The Bertz CT molecular complexity index is 1330. The van der Waals surface area contributed by atoms with Crippen molar-refractivity contribution in [2.75, 3.05) is 11.9 Å². The zero-order valence-corrected chi connectivity index (χ0v) is 19.6. The van der Waals surface area contributed by atoms with Crippen LogP contribution >= 0.6 is 11.3 Å². The number of rotatable bonds is 8. The summed E-state index contributed by atoms with van der Waals surface area (Å²) in [4.78, 5) is 26.1. The lowest BCUT2D eigenvalue weighted by Crippen LogP contribution is -2.16. The second-order valence-electron chi connectivity index (χ2n) is 7.69. The summed E-state index contributed by atoms with van der Waals surface area (Å²) < 4.78 is 5.76. The van der Waals surface area contributed by atoms with E-state index in [0.29, 0.717) is 11.6 Å². The SMILES string of the molecule is O=C(CCOc1ccc(-c2nc(-c3ccccc3)c(-c3ccccc3)s2)cc1)Nc1cnccn1. The molecule has 0 spiro atoms. The van der Waals surface area contributed by atoms with E-state index < -0.39 is 0 Å². The van der Waals surface area contributed by atoms with Crippen molar-refractivity contribution in [1.82, 2.24) is 15.0 Å². The van der Waals surface area contributed by atoms with Crippen LogP contribution in [0.4, 0.5) is 5.82 Å². The molecule has 172 valence electrons. The van der Waals surface area contributed by atoms with Gasteiger partial charge in [0.1, 0.15) is 10.8 Å². The van der Waals surface area contributed by atoms with Gasteiger partial charge in [0, 0.05) is 23.5 Å². The molecule has 0 bridgehead atoms. The second-order valence-corrected chi connectivity index (χ2v) is 8.69. The molecule has 1 amide bonds. The van der Waals surface area contributed by atoms with Crippen molar-refractivity contribution < 1.29 is 9.53 Å². The number of amides is 1. The molecule has 7 heteroatoms. The van der Waals surface area contributed by atoms with E-state index in [-0.39, 0.29) is 18.9 Å². The quantitative estimate of drug-likeness (QED) is 0.282. The average Bonchev–Trinajstić information content (AvgIpc) is 3.36. The summed E-state index contributed by atoms with van der Waals surface area (Å²) >= 11 is 1.67. The Kier molecular flexibility index (Phi) is 6.87. The number of hydrogen-bond donors (Lipinski definition) is 1. The van der Waals surface area contributed by atoms with Crippen molar-refractivity contribution in [2.24, 2.45) is 0 Å². The summed E-state index contributed by atoms with van der Waals surface area (Å²) in [6.45, 7) is 0.263. The third kappa shape index (κ3) is 5.59. The fourth-order valence-corrected chi connectivity index (χ4v) is 4.64. The molecule has 0 radical (unpaired) electrons. The van der Waals surface area contributed by atoms with Crippen molar-refractivity contribution in [1.29, 1.82) is 0 Å². The lowest BCUT2D eigenvalue weighted by molar-refractivity contribution is -0.116. The highest BCUT2D eigenvalue weighted by molar-refractivity contribution is 7.19. The molecule has 0 saturated heterocycles. The number of carbonyl (C=O) groups is 1. The molecule has 0 aliphatic rings. The predicted octanol–water partition coefficient (Wildman–Crippen LogP) is 6.34. The highest BCUT2D eigenvalue weighted by atomic mass is 32.1. The van der Waals surface area contributed by atoms with E-state index in [1.54, 1.807) is 17.5 Å². The van der Waals surface area contributed by atoms with Gasteiger partial charge in [-0.3, -0.25) is 9.78 Å². The number of carbonyl (C=O) groups excluding carboxylic acids is 1. The molecule has 0 atom stereocenters. The van der Waals surface area contributed by atoms with Gasteiger partial charge in [0.2, 0.25) is 5.91 Å². The maximum absolute atomic E-state index is 12.0. The number of thiazole rings is 1. The summed E-state index contributed by atoms with van der Waals surface area (Å²) in [5.74, 6) is 0.950. The van der Waals surface area contributed by atoms with Crippen LogP contribution in [-0.2, 0) is 4.79 Å². The van der Waals surface area contributed by atoms with E-state index in [1.807, 2.05) is 60.7 Å². The van der Waals surface area contributed by atoms with Crippen LogP contribution in [-0.4, -0.2) is 27.5 Å². The first-order valence-electron chi connectivity index (χ1n) is 11.2. The molecule has 35 heavy (non-hydrogen) atoms. The molecule has 0 unspecified atom stereocenters. The molecular formula is C28H22N4O2S. The van der Waals surface area contributed by atoms with Crippen molar-refractivity contribution >= 4 is 23.1 Å². The van der Waals surface area contributed by atoms with Crippen LogP contribution in [0, 0.1) is 0 Å². The number of ether oxygens (including phenoxy) is 1. The first-order valence-corrected chi connectivity index (χ1v) is 12.0. The molecule has 0 fully saturated rings. The molecule has 2 heterocycles. The van der Waals surface area contributed by atoms with Gasteiger partial charge in [0.25, 0.3) is 0 Å². The Balaban J connectivity index is 1.28. The molecule has 5 aromatic rings. The maximum Gasteiger partial charge on any atom is 0.228 e. The van der Waals surface area contributed by atoms with Crippen LogP contribution in [0.5, 0.6) is 5.75 Å². The number of nitrogens with one attached hydrogen (secondary N) is 1. The van der Waals surface area contributed by atoms with Gasteiger partial charge in [-0.05, 0) is 29.8 Å². The van der Waals surface area contributed by atoms with Crippen LogP contribution in [0.2, 0.25) is 0 Å². The zero-order valence-electron chi connectivity index (χ0n) is 18.8. The van der Waals surface area contributed by atoms with Crippen molar-refractivity contribution in [3.63, 3.8) is 0 Å². The standard InChI is InChI=1S/C28H22N4O2S/c33-25(31-24-19-29-16-17-30-24)15-18-34-23-13-11-22(12-14-23)28-32-26(20-7-3-1-4-8-20)27(35-28)21-9-5-2-6-10-21/h1-14,16-17,19H,15,18H2,(H,30,31,33). The third-order valence-corrected chi connectivity index (χ3v) is 6.39. The summed E-state index contributed by atoms with van der Waals surface area (Å²) in [5, 5.41) is 3.64. The summed E-state index contributed by atoms with van der Waals surface area (Å²) in [6, 6.07) is 28.4. The monoisotopic (exact) mass is 478 g/mol. The van der Waals surface area contributed by atoms with Gasteiger partial charge in [0.05, 0.1) is 29.8 Å². The molecule has 5 rings (SSSR count). The Morgan fingerprint density at radius 1 is 0.829 bits per heavy atom. The van der Waals surface area contributed by atoms with Crippen molar-refractivity contribution in [3.8, 4) is 38.0 Å². The van der Waals surface area contributed by atoms with E-state index in [2.05, 4.69) is 39.6 Å². The van der Waals surface area contributed by atoms with E-state index in [1.165, 1.54) is 12.4 Å². The maximum atomic E-state index is 12.0. The molecule has 0 aliphatic heterocycles. The van der Waals surface area contributed by atoms with Crippen LogP contribution in [0.25, 0.3) is 32.3 Å². The van der Waals surface area contributed by atoms with Gasteiger partial charge in [0.15, 0.2) is 5.82 Å². The summed E-state index contributed by atoms with van der Waals surface area (Å²) in [7, 11) is 0. The van der Waals surface area contributed by atoms with Gasteiger partial charge in [-0.1, -0.05) is 60.7 Å². The highest BCUT2D eigenvalue weighted by Crippen LogP contribution is 2.40. The van der Waals surface area contributed by atoms with Crippen molar-refractivity contribution in [2.45, 2.75) is 6.42 Å². The van der Waals surface area contributed by atoms with Crippen molar-refractivity contribution in [3.05, 3.63) is 104 Å². The number of hydrogen-bond acceptors (Lipinski definition) is 6. The molecule has 3 aromatic carbocycles. The van der Waals surface area contributed by atoms with E-state index in [9.17, 15) is 4.79 Å². The Labute approximate surface area is 207 Å². The molecule has 0 aliphatic carbocycles. The molecule has 1 N–H and O–H groups in total. The van der Waals surface area contributed by atoms with Gasteiger partial charge in [-0.25, -0.2) is 9.97 Å². The number of benzene rings is 3. The minimum atomic E-state index is -0.174. The van der Waals surface area contributed by atoms with E-state index >= 15 is 0 Å². The zero-order chi connectivity index (χ0) is 23.9. The fraction of sp³-hybridized carbons (Fsp3) is 0.0714. The minimum absolute atomic E-state index is 0.174. The van der Waals surface area contributed by atoms with Gasteiger partial charge < -0.3 is 10.1 Å². The first kappa shape index (κ1) is 22.4. The predicted molar refractivity (Wildman–Crippen MR) is 139 cm³/mol. The molecule has 0 saturated carbocycles. The lowest BCUT2D eigenvalue weighted by atomic mass is 10.1. The Morgan fingerprint density at radius 2 is 1.54 bits per heavy atom. The number of aromatic nitrogens is 3. The summed E-state index contributed by atoms with van der Waals surface area (Å²) in [5.41, 5.74) is 4.23. The van der Waals surface area contributed by atoms with E-state index in [0.717, 1.165) is 32.3 Å². The third-order valence-electron chi connectivity index (χ3n) is 5.24. The smallest absolute Gasteiger partial charge is 0.228 e. The Hall–Kier alpha value is -4.36. The van der Waals surface area contributed by atoms with Gasteiger partial charge in [-0.2, -0.15) is 0 Å².